The topological polar surface area (TPSA) is 67.8 Å². The number of aliphatic hydroxyl groups excluding tert-OH is 1. The van der Waals surface area contributed by atoms with Gasteiger partial charge in [0.05, 0.1) is 12.6 Å². The van der Waals surface area contributed by atoms with Crippen molar-refractivity contribution < 1.29 is 19.4 Å². The van der Waals surface area contributed by atoms with Gasteiger partial charge in [-0.25, -0.2) is 4.79 Å². The Morgan fingerprint density at radius 3 is 2.24 bits per heavy atom. The van der Waals surface area contributed by atoms with E-state index in [0.29, 0.717) is 0 Å². The summed E-state index contributed by atoms with van der Waals surface area (Å²) in [7, 11) is 0. The van der Waals surface area contributed by atoms with Crippen LogP contribution < -0.4 is 5.32 Å². The summed E-state index contributed by atoms with van der Waals surface area (Å²) in [5, 5.41) is 11.1. The molecule has 102 valence electrons. The van der Waals surface area contributed by atoms with E-state index in [1.54, 1.807) is 27.7 Å². The fraction of sp³-hybridized carbons (Fsp3) is 0.917. The maximum atomic E-state index is 11.0. The highest BCUT2D eigenvalue weighted by Gasteiger charge is 2.16. The molecule has 0 aromatic rings. The number of carbonyl (C=O) groups is 1. The minimum absolute atomic E-state index is 0.0841. The van der Waals surface area contributed by atoms with Crippen molar-refractivity contribution in [1.82, 2.24) is 5.32 Å². The molecular formula is C12H25NO4. The number of hydrogen-bond donors (Lipinski definition) is 2. The summed E-state index contributed by atoms with van der Waals surface area (Å²) >= 11 is 0. The van der Waals surface area contributed by atoms with Crippen LogP contribution in [0, 0.1) is 0 Å². The van der Waals surface area contributed by atoms with Crippen LogP contribution in [0.4, 0.5) is 4.79 Å². The van der Waals surface area contributed by atoms with Crippen LogP contribution in [0.2, 0.25) is 0 Å². The van der Waals surface area contributed by atoms with Gasteiger partial charge in [0.15, 0.2) is 0 Å². The lowest BCUT2D eigenvalue weighted by molar-refractivity contribution is 0.0489. The van der Waals surface area contributed by atoms with Crippen LogP contribution in [0.1, 0.15) is 40.5 Å². The van der Waals surface area contributed by atoms with E-state index in [4.69, 9.17) is 14.6 Å². The quantitative estimate of drug-likeness (QED) is 0.779. The monoisotopic (exact) mass is 247 g/mol. The van der Waals surface area contributed by atoms with Gasteiger partial charge in [-0.05, 0) is 40.5 Å². The van der Waals surface area contributed by atoms with Crippen LogP contribution in [0.3, 0.4) is 0 Å². The Morgan fingerprint density at radius 1 is 1.41 bits per heavy atom. The summed E-state index contributed by atoms with van der Waals surface area (Å²) in [6.45, 7) is 8.98. The number of ether oxygens (including phenoxy) is 2. The van der Waals surface area contributed by atoms with E-state index in [-0.39, 0.29) is 12.6 Å². The van der Waals surface area contributed by atoms with Crippen molar-refractivity contribution in [3.63, 3.8) is 0 Å². The number of aliphatic hydroxyl groups is 1. The molecule has 0 aromatic carbocycles. The Labute approximate surface area is 103 Å². The molecule has 0 radical (unpaired) electrons. The van der Waals surface area contributed by atoms with Gasteiger partial charge in [0.25, 0.3) is 0 Å². The molecule has 1 amide bonds. The van der Waals surface area contributed by atoms with E-state index in [9.17, 15) is 4.79 Å². The molecule has 0 aliphatic carbocycles. The molecule has 1 aliphatic heterocycles. The molecule has 1 heterocycles. The van der Waals surface area contributed by atoms with Crippen LogP contribution >= 0.6 is 0 Å². The highest BCUT2D eigenvalue weighted by atomic mass is 16.6. The second-order valence-corrected chi connectivity index (χ2v) is 5.05. The number of hydrogen-bond acceptors (Lipinski definition) is 4. The first kappa shape index (κ1) is 16.2. The van der Waals surface area contributed by atoms with Crippen LogP contribution in [-0.2, 0) is 9.47 Å². The van der Waals surface area contributed by atoms with Gasteiger partial charge in [-0.15, -0.1) is 0 Å². The van der Waals surface area contributed by atoms with E-state index in [1.807, 2.05) is 0 Å². The van der Waals surface area contributed by atoms with Crippen LogP contribution in [0.25, 0.3) is 0 Å². The average Bonchev–Trinajstić information content (AvgIpc) is 2.71. The highest BCUT2D eigenvalue weighted by molar-refractivity contribution is 5.67. The maximum absolute atomic E-state index is 11.0. The van der Waals surface area contributed by atoms with Gasteiger partial charge in [0.1, 0.15) is 5.60 Å². The average molecular weight is 247 g/mol. The number of nitrogens with one attached hydrogen (secondary N) is 1. The molecule has 1 fully saturated rings. The van der Waals surface area contributed by atoms with Crippen molar-refractivity contribution in [2.24, 2.45) is 0 Å². The normalized spacial score (nSPS) is 16.8. The second-order valence-electron chi connectivity index (χ2n) is 5.05. The Balaban J connectivity index is 0.000000419. The predicted octanol–water partition coefficient (Wildman–Crippen LogP) is 1.69. The van der Waals surface area contributed by atoms with Crippen LogP contribution in [-0.4, -0.2) is 42.7 Å². The zero-order valence-corrected chi connectivity index (χ0v) is 11.3. The standard InChI is InChI=1S/C8H17NO3.C4H8O/c1-6(5-10)9-7(11)12-8(2,3)4;1-2-4-5-3-1/h6,10H,5H2,1-4H3,(H,9,11);1-4H2/t6-;/m0./s1. The smallest absolute Gasteiger partial charge is 0.407 e. The van der Waals surface area contributed by atoms with Gasteiger partial charge in [0, 0.05) is 13.2 Å². The second kappa shape index (κ2) is 8.31. The van der Waals surface area contributed by atoms with E-state index in [1.165, 1.54) is 12.8 Å². The Morgan fingerprint density at radius 2 is 1.94 bits per heavy atom. The van der Waals surface area contributed by atoms with Crippen molar-refractivity contribution in [1.29, 1.82) is 0 Å². The molecule has 2 N–H and O–H groups in total. The molecule has 0 unspecified atom stereocenters. The number of alkyl carbamates (subject to hydrolysis) is 1. The number of amides is 1. The first-order valence-corrected chi connectivity index (χ1v) is 6.03. The third kappa shape index (κ3) is 11.5. The lowest BCUT2D eigenvalue weighted by Crippen LogP contribution is -2.39. The van der Waals surface area contributed by atoms with Crippen molar-refractivity contribution in [3.8, 4) is 0 Å². The summed E-state index contributed by atoms with van der Waals surface area (Å²) in [4.78, 5) is 11.0. The fourth-order valence-corrected chi connectivity index (χ4v) is 1.06. The van der Waals surface area contributed by atoms with E-state index in [2.05, 4.69) is 5.32 Å². The zero-order valence-electron chi connectivity index (χ0n) is 11.3. The molecule has 0 saturated carbocycles. The lowest BCUT2D eigenvalue weighted by Gasteiger charge is -2.21. The molecule has 0 bridgehead atoms. The first-order chi connectivity index (χ1) is 7.85. The summed E-state index contributed by atoms with van der Waals surface area (Å²) in [6.07, 6.45) is 2.06. The van der Waals surface area contributed by atoms with Crippen LogP contribution in [0.15, 0.2) is 0 Å². The van der Waals surface area contributed by atoms with Crippen molar-refractivity contribution in [2.45, 2.75) is 52.2 Å². The summed E-state index contributed by atoms with van der Waals surface area (Å²) in [5.41, 5.74) is -0.487. The summed E-state index contributed by atoms with van der Waals surface area (Å²) < 4.78 is 9.89. The minimum atomic E-state index is -0.496. The van der Waals surface area contributed by atoms with Gasteiger partial charge in [-0.1, -0.05) is 0 Å². The largest absolute Gasteiger partial charge is 0.444 e. The van der Waals surface area contributed by atoms with Crippen molar-refractivity contribution >= 4 is 6.09 Å². The van der Waals surface area contributed by atoms with Crippen molar-refractivity contribution in [3.05, 3.63) is 0 Å². The van der Waals surface area contributed by atoms with Crippen LogP contribution in [0.5, 0.6) is 0 Å². The molecule has 1 aliphatic rings. The molecule has 5 heteroatoms. The van der Waals surface area contributed by atoms with E-state index < -0.39 is 11.7 Å². The third-order valence-corrected chi connectivity index (χ3v) is 1.86. The van der Waals surface area contributed by atoms with E-state index >= 15 is 0 Å². The Kier molecular flexibility index (Phi) is 7.91. The van der Waals surface area contributed by atoms with Gasteiger partial charge < -0.3 is 19.9 Å². The van der Waals surface area contributed by atoms with Gasteiger partial charge in [0.2, 0.25) is 0 Å². The summed E-state index contributed by atoms with van der Waals surface area (Å²) in [6, 6.07) is -0.264. The minimum Gasteiger partial charge on any atom is -0.444 e. The fourth-order valence-electron chi connectivity index (χ4n) is 1.06. The zero-order chi connectivity index (χ0) is 13.3. The van der Waals surface area contributed by atoms with Gasteiger partial charge in [-0.2, -0.15) is 0 Å². The molecule has 1 rings (SSSR count). The van der Waals surface area contributed by atoms with Gasteiger partial charge >= 0.3 is 6.09 Å². The molecule has 0 spiro atoms. The Hall–Kier alpha value is -0.810. The molecule has 1 atom stereocenters. The number of rotatable bonds is 2. The Bertz CT molecular complexity index is 201. The number of carbonyl (C=O) groups excluding carboxylic acids is 1. The highest BCUT2D eigenvalue weighted by Crippen LogP contribution is 2.06. The summed E-state index contributed by atoms with van der Waals surface area (Å²) in [5.74, 6) is 0. The van der Waals surface area contributed by atoms with E-state index in [0.717, 1.165) is 13.2 Å². The predicted molar refractivity (Wildman–Crippen MR) is 66.0 cm³/mol. The van der Waals surface area contributed by atoms with Crippen molar-refractivity contribution in [2.75, 3.05) is 19.8 Å². The molecule has 17 heavy (non-hydrogen) atoms. The SMILES string of the molecule is C1CCOC1.C[C@@H](CO)NC(=O)OC(C)(C)C. The molecule has 0 aromatic heterocycles. The lowest BCUT2D eigenvalue weighted by atomic mass is 10.2. The van der Waals surface area contributed by atoms with Gasteiger partial charge in [-0.3, -0.25) is 0 Å². The maximum Gasteiger partial charge on any atom is 0.407 e. The molecular weight excluding hydrogens is 222 g/mol. The first-order valence-electron chi connectivity index (χ1n) is 6.03. The molecule has 5 nitrogen and oxygen atoms in total. The molecule has 1 saturated heterocycles. The third-order valence-electron chi connectivity index (χ3n) is 1.86.